The molecule has 0 unspecified atom stereocenters. The molecule has 0 spiro atoms. The Kier molecular flexibility index (Phi) is 5.86. The largest absolute Gasteiger partial charge is 0.497 e. The van der Waals surface area contributed by atoms with Gasteiger partial charge in [0.2, 0.25) is 5.95 Å². The van der Waals surface area contributed by atoms with Gasteiger partial charge in [-0.15, -0.1) is 0 Å². The van der Waals surface area contributed by atoms with E-state index < -0.39 is 0 Å². The second-order valence-corrected chi connectivity index (χ2v) is 8.14. The summed E-state index contributed by atoms with van der Waals surface area (Å²) in [5.41, 5.74) is 10.9. The van der Waals surface area contributed by atoms with E-state index in [-0.39, 0.29) is 11.9 Å². The van der Waals surface area contributed by atoms with Crippen LogP contribution < -0.4 is 15.4 Å². The van der Waals surface area contributed by atoms with Crippen molar-refractivity contribution in [2.45, 2.75) is 0 Å². The summed E-state index contributed by atoms with van der Waals surface area (Å²) in [4.78, 5) is 29.1. The van der Waals surface area contributed by atoms with E-state index in [1.54, 1.807) is 19.5 Å². The molecule has 0 aliphatic carbocycles. The van der Waals surface area contributed by atoms with Crippen LogP contribution in [0.15, 0.2) is 73.1 Å². The third-order valence-corrected chi connectivity index (χ3v) is 6.08. The summed E-state index contributed by atoms with van der Waals surface area (Å²) < 4.78 is 5.24. The lowest BCUT2D eigenvalue weighted by Crippen LogP contribution is -2.48. The first-order valence-electron chi connectivity index (χ1n) is 11.2. The van der Waals surface area contributed by atoms with Crippen LogP contribution >= 0.6 is 0 Å². The molecule has 0 atom stereocenters. The van der Waals surface area contributed by atoms with Crippen LogP contribution in [0.25, 0.3) is 22.4 Å². The van der Waals surface area contributed by atoms with E-state index in [1.165, 1.54) is 0 Å². The maximum Gasteiger partial charge on any atom is 0.270 e. The van der Waals surface area contributed by atoms with Crippen LogP contribution in [0.3, 0.4) is 0 Å². The fourth-order valence-corrected chi connectivity index (χ4v) is 4.23. The summed E-state index contributed by atoms with van der Waals surface area (Å²) in [6.45, 7) is 2.84. The Labute approximate surface area is 198 Å². The molecule has 2 aromatic heterocycles. The van der Waals surface area contributed by atoms with E-state index in [0.717, 1.165) is 41.2 Å². The van der Waals surface area contributed by atoms with Gasteiger partial charge in [0, 0.05) is 55.4 Å². The molecule has 34 heavy (non-hydrogen) atoms. The molecule has 0 bridgehead atoms. The quantitative estimate of drug-likeness (QED) is 0.477. The molecule has 1 fully saturated rings. The predicted octanol–water partition coefficient (Wildman–Crippen LogP) is 3.69. The number of hydrogen-bond donors (Lipinski definition) is 2. The molecule has 2 aromatic carbocycles. The van der Waals surface area contributed by atoms with Crippen molar-refractivity contribution in [2.24, 2.45) is 0 Å². The number of hydrogen-bond acceptors (Lipinski definition) is 6. The summed E-state index contributed by atoms with van der Waals surface area (Å²) in [5.74, 6) is 1.00. The average molecular weight is 455 g/mol. The molecule has 5 rings (SSSR count). The number of benzene rings is 2. The minimum absolute atomic E-state index is 0.0241. The number of carbonyl (C=O) groups excluding carboxylic acids is 1. The zero-order valence-corrected chi connectivity index (χ0v) is 18.9. The van der Waals surface area contributed by atoms with Crippen molar-refractivity contribution in [3.63, 3.8) is 0 Å². The van der Waals surface area contributed by atoms with E-state index in [1.807, 2.05) is 65.6 Å². The highest BCUT2D eigenvalue weighted by Crippen LogP contribution is 2.31. The number of nitrogens with one attached hydrogen (secondary N) is 1. The van der Waals surface area contributed by atoms with Gasteiger partial charge in [-0.3, -0.25) is 4.79 Å². The standard InChI is InChI=1S/C26H26N6O2/c1-34-21-9-7-20(8-10-21)31-11-13-32(14-12-31)25(33)23-15-19(16-28-23)24-22(17-29-26(27)30-24)18-5-3-2-4-6-18/h2-10,15-17,28H,11-14H2,1H3,(H2,27,29,30). The number of ether oxygens (including phenoxy) is 1. The van der Waals surface area contributed by atoms with E-state index in [9.17, 15) is 4.79 Å². The maximum absolute atomic E-state index is 13.2. The number of nitrogens with zero attached hydrogens (tertiary/aromatic N) is 4. The molecule has 8 heteroatoms. The SMILES string of the molecule is COc1ccc(N2CCN(C(=O)c3cc(-c4nc(N)ncc4-c4ccccc4)c[nH]3)CC2)cc1. The van der Waals surface area contributed by atoms with Gasteiger partial charge in [0.05, 0.1) is 12.8 Å². The normalized spacial score (nSPS) is 13.7. The highest BCUT2D eigenvalue weighted by atomic mass is 16.5. The molecular weight excluding hydrogens is 428 g/mol. The minimum Gasteiger partial charge on any atom is -0.497 e. The lowest BCUT2D eigenvalue weighted by atomic mass is 10.0. The molecule has 1 saturated heterocycles. The third kappa shape index (κ3) is 4.30. The van der Waals surface area contributed by atoms with Gasteiger partial charge in [-0.1, -0.05) is 30.3 Å². The molecule has 3 heterocycles. The van der Waals surface area contributed by atoms with Crippen molar-refractivity contribution in [1.29, 1.82) is 0 Å². The first-order valence-corrected chi connectivity index (χ1v) is 11.2. The molecule has 1 aliphatic heterocycles. The second-order valence-electron chi connectivity index (χ2n) is 8.14. The van der Waals surface area contributed by atoms with Crippen molar-refractivity contribution >= 4 is 17.5 Å². The monoisotopic (exact) mass is 454 g/mol. The van der Waals surface area contributed by atoms with E-state index >= 15 is 0 Å². The molecular formula is C26H26N6O2. The fraction of sp³-hybridized carbons (Fsp3) is 0.192. The van der Waals surface area contributed by atoms with Crippen molar-refractivity contribution < 1.29 is 9.53 Å². The maximum atomic E-state index is 13.2. The van der Waals surface area contributed by atoms with Crippen LogP contribution in [-0.2, 0) is 0 Å². The molecule has 8 nitrogen and oxygen atoms in total. The number of amides is 1. The number of methoxy groups -OCH3 is 1. The van der Waals surface area contributed by atoms with Crippen LogP contribution in [0, 0.1) is 0 Å². The molecule has 172 valence electrons. The van der Waals surface area contributed by atoms with Gasteiger partial charge in [-0.25, -0.2) is 9.97 Å². The van der Waals surface area contributed by atoms with Gasteiger partial charge in [-0.05, 0) is 35.9 Å². The zero-order valence-electron chi connectivity index (χ0n) is 18.9. The van der Waals surface area contributed by atoms with Crippen molar-refractivity contribution in [2.75, 3.05) is 43.9 Å². The first-order chi connectivity index (χ1) is 16.6. The van der Waals surface area contributed by atoms with Crippen molar-refractivity contribution in [3.8, 4) is 28.1 Å². The number of aromatic amines is 1. The Hall–Kier alpha value is -4.33. The summed E-state index contributed by atoms with van der Waals surface area (Å²) >= 11 is 0. The van der Waals surface area contributed by atoms with E-state index in [0.29, 0.717) is 24.5 Å². The van der Waals surface area contributed by atoms with Gasteiger partial charge < -0.3 is 25.3 Å². The van der Waals surface area contributed by atoms with Crippen LogP contribution in [0.4, 0.5) is 11.6 Å². The summed E-state index contributed by atoms with van der Waals surface area (Å²) in [6.07, 6.45) is 3.52. The first kappa shape index (κ1) is 21.5. The van der Waals surface area contributed by atoms with Crippen LogP contribution in [0.1, 0.15) is 10.5 Å². The number of nitrogens with two attached hydrogens (primary N) is 1. The van der Waals surface area contributed by atoms with Gasteiger partial charge in [0.25, 0.3) is 5.91 Å². The smallest absolute Gasteiger partial charge is 0.270 e. The Morgan fingerprint density at radius 1 is 1.00 bits per heavy atom. The highest BCUT2D eigenvalue weighted by Gasteiger charge is 2.24. The lowest BCUT2D eigenvalue weighted by molar-refractivity contribution is 0.0741. The summed E-state index contributed by atoms with van der Waals surface area (Å²) in [6, 6.07) is 19.7. The number of anilines is 2. The number of piperazine rings is 1. The second kappa shape index (κ2) is 9.27. The van der Waals surface area contributed by atoms with Gasteiger partial charge in [0.1, 0.15) is 11.4 Å². The Morgan fingerprint density at radius 3 is 2.44 bits per heavy atom. The van der Waals surface area contributed by atoms with Crippen molar-refractivity contribution in [1.82, 2.24) is 19.9 Å². The van der Waals surface area contributed by atoms with Crippen LogP contribution in [0.5, 0.6) is 5.75 Å². The average Bonchev–Trinajstić information content (AvgIpc) is 3.39. The highest BCUT2D eigenvalue weighted by molar-refractivity contribution is 5.95. The molecule has 0 saturated carbocycles. The number of H-pyrrole nitrogens is 1. The molecule has 3 N–H and O–H groups in total. The fourth-order valence-electron chi connectivity index (χ4n) is 4.23. The number of carbonyl (C=O) groups is 1. The molecule has 4 aromatic rings. The van der Waals surface area contributed by atoms with E-state index in [4.69, 9.17) is 10.5 Å². The minimum atomic E-state index is -0.0241. The Morgan fingerprint density at radius 2 is 1.74 bits per heavy atom. The topological polar surface area (TPSA) is 100 Å². The molecule has 1 aliphatic rings. The lowest BCUT2D eigenvalue weighted by Gasteiger charge is -2.36. The predicted molar refractivity (Wildman–Crippen MR) is 133 cm³/mol. The Balaban J connectivity index is 1.31. The van der Waals surface area contributed by atoms with Gasteiger partial charge >= 0.3 is 0 Å². The van der Waals surface area contributed by atoms with Gasteiger partial charge in [-0.2, -0.15) is 0 Å². The number of rotatable bonds is 5. The Bertz CT molecular complexity index is 1280. The van der Waals surface area contributed by atoms with E-state index in [2.05, 4.69) is 19.9 Å². The van der Waals surface area contributed by atoms with Crippen molar-refractivity contribution in [3.05, 3.63) is 78.8 Å². The van der Waals surface area contributed by atoms with Gasteiger partial charge in [0.15, 0.2) is 0 Å². The summed E-state index contributed by atoms with van der Waals surface area (Å²) in [7, 11) is 1.66. The van der Waals surface area contributed by atoms with Crippen LogP contribution in [0.2, 0.25) is 0 Å². The molecule has 1 amide bonds. The zero-order chi connectivity index (χ0) is 23.5. The van der Waals surface area contributed by atoms with Crippen LogP contribution in [-0.4, -0.2) is 59.0 Å². The number of nitrogen functional groups attached to an aromatic ring is 1. The summed E-state index contributed by atoms with van der Waals surface area (Å²) in [5, 5.41) is 0. The molecule has 0 radical (unpaired) electrons. The number of aromatic nitrogens is 3. The third-order valence-electron chi connectivity index (χ3n) is 6.08.